The highest BCUT2D eigenvalue weighted by Crippen LogP contribution is 2.42. The third-order valence-electron chi connectivity index (χ3n) is 4.59. The molecule has 0 heterocycles. The minimum absolute atomic E-state index is 0.630. The first kappa shape index (κ1) is 14.6. The van der Waals surface area contributed by atoms with Gasteiger partial charge in [0.2, 0.25) is 0 Å². The van der Waals surface area contributed by atoms with Crippen LogP contribution in [0.4, 0.5) is 0 Å². The Bertz CT molecular complexity index is 442. The third-order valence-corrected chi connectivity index (χ3v) is 8.26. The van der Waals surface area contributed by atoms with Crippen LogP contribution in [-0.2, 0) is 0 Å². The van der Waals surface area contributed by atoms with E-state index in [9.17, 15) is 0 Å². The highest BCUT2D eigenvalue weighted by Gasteiger charge is 2.36. The van der Waals surface area contributed by atoms with Crippen LogP contribution in [0.5, 0.6) is 0 Å². The van der Waals surface area contributed by atoms with Crippen molar-refractivity contribution in [1.82, 2.24) is 0 Å². The lowest BCUT2D eigenvalue weighted by Crippen LogP contribution is -2.33. The molecule has 2 rings (SSSR count). The van der Waals surface area contributed by atoms with E-state index in [1.165, 1.54) is 12.8 Å². The fourth-order valence-electron chi connectivity index (χ4n) is 3.63. The molecule has 0 fully saturated rings. The van der Waals surface area contributed by atoms with Crippen LogP contribution in [0.1, 0.15) is 40.5 Å². The lowest BCUT2D eigenvalue weighted by Gasteiger charge is -2.29. The summed E-state index contributed by atoms with van der Waals surface area (Å²) < 4.78 is 0. The molecule has 0 saturated heterocycles. The topological polar surface area (TPSA) is 0 Å². The summed E-state index contributed by atoms with van der Waals surface area (Å²) in [4.78, 5) is 0. The zero-order chi connectivity index (χ0) is 14.2. The maximum Gasteiger partial charge on any atom is 0.112 e. The van der Waals surface area contributed by atoms with E-state index in [0.29, 0.717) is 11.8 Å². The first-order chi connectivity index (χ1) is 8.90. The van der Waals surface area contributed by atoms with Crippen molar-refractivity contribution in [3.05, 3.63) is 45.8 Å². The fraction of sp³-hybridized carbons (Fsp3) is 0.556. The summed E-state index contributed by atoms with van der Waals surface area (Å²) in [6.07, 6.45) is 12.4. The van der Waals surface area contributed by atoms with Gasteiger partial charge in [-0.05, 0) is 24.7 Å². The normalized spacial score (nSPS) is 27.1. The summed E-state index contributed by atoms with van der Waals surface area (Å²) in [7, 11) is -1.50. The Morgan fingerprint density at radius 3 is 1.47 bits per heavy atom. The summed E-state index contributed by atoms with van der Waals surface area (Å²) in [5.41, 5.74) is 3.22. The van der Waals surface area contributed by atoms with E-state index in [0.717, 1.165) is 0 Å². The number of hydrogen-bond acceptors (Lipinski definition) is 0. The van der Waals surface area contributed by atoms with Gasteiger partial charge in [0.15, 0.2) is 0 Å². The molecule has 2 aliphatic carbocycles. The highest BCUT2D eigenvalue weighted by molar-refractivity contribution is 6.92. The molecule has 0 spiro atoms. The molecule has 1 heteroatoms. The van der Waals surface area contributed by atoms with Gasteiger partial charge < -0.3 is 0 Å². The Kier molecular flexibility index (Phi) is 4.05. The maximum atomic E-state index is 2.54. The molecule has 104 valence electrons. The largest absolute Gasteiger partial charge is 0.112 e. The minimum Gasteiger partial charge on any atom is -0.0779 e. The van der Waals surface area contributed by atoms with Crippen molar-refractivity contribution in [2.45, 2.75) is 53.6 Å². The molecule has 2 unspecified atom stereocenters. The molecular formula is C18H28Si. The van der Waals surface area contributed by atoms with E-state index in [-0.39, 0.29) is 0 Å². The SMILES string of the molecule is CCC1=CC(C)C=C1[Si](C)(C)C1=CC(C)C=C1CC. The van der Waals surface area contributed by atoms with Gasteiger partial charge in [-0.15, -0.1) is 0 Å². The zero-order valence-corrected chi connectivity index (χ0v) is 14.4. The maximum absolute atomic E-state index is 2.54. The Morgan fingerprint density at radius 1 is 0.789 bits per heavy atom. The van der Waals surface area contributed by atoms with E-state index in [2.05, 4.69) is 65.1 Å². The van der Waals surface area contributed by atoms with Crippen molar-refractivity contribution in [3.8, 4) is 0 Å². The van der Waals surface area contributed by atoms with Crippen molar-refractivity contribution in [3.63, 3.8) is 0 Å². The molecular weight excluding hydrogens is 244 g/mol. The van der Waals surface area contributed by atoms with Gasteiger partial charge in [0.05, 0.1) is 0 Å². The molecule has 0 radical (unpaired) electrons. The molecule has 0 amide bonds. The van der Waals surface area contributed by atoms with Crippen LogP contribution in [-0.4, -0.2) is 8.07 Å². The summed E-state index contributed by atoms with van der Waals surface area (Å²) in [5, 5.41) is 3.39. The smallest absolute Gasteiger partial charge is 0.0779 e. The second-order valence-electron chi connectivity index (χ2n) is 6.59. The van der Waals surface area contributed by atoms with Gasteiger partial charge in [-0.25, -0.2) is 0 Å². The van der Waals surface area contributed by atoms with Gasteiger partial charge in [0, 0.05) is 0 Å². The molecule has 0 aromatic rings. The van der Waals surface area contributed by atoms with E-state index in [1.807, 2.05) is 0 Å². The fourth-order valence-corrected chi connectivity index (χ4v) is 7.41. The number of allylic oxidation sites excluding steroid dienone is 8. The van der Waals surface area contributed by atoms with Gasteiger partial charge in [-0.1, -0.05) is 86.6 Å². The number of hydrogen-bond donors (Lipinski definition) is 0. The summed E-state index contributed by atoms with van der Waals surface area (Å²) in [5.74, 6) is 1.26. The van der Waals surface area contributed by atoms with Gasteiger partial charge in [0.25, 0.3) is 0 Å². The van der Waals surface area contributed by atoms with Gasteiger partial charge >= 0.3 is 0 Å². The Hall–Kier alpha value is -0.823. The molecule has 0 aromatic heterocycles. The standard InChI is InChI=1S/C18H28Si/c1-7-15-9-13(3)11-17(15)19(5,6)18-12-14(4)10-16(18)8-2/h9-14H,7-8H2,1-6H3. The van der Waals surface area contributed by atoms with Crippen LogP contribution in [0.25, 0.3) is 0 Å². The van der Waals surface area contributed by atoms with Crippen molar-refractivity contribution in [2.24, 2.45) is 11.8 Å². The number of rotatable bonds is 4. The van der Waals surface area contributed by atoms with Crippen molar-refractivity contribution < 1.29 is 0 Å². The molecule has 0 saturated carbocycles. The van der Waals surface area contributed by atoms with E-state index < -0.39 is 8.07 Å². The first-order valence-electron chi connectivity index (χ1n) is 7.76. The average Bonchev–Trinajstić information content (AvgIpc) is 2.92. The van der Waals surface area contributed by atoms with Gasteiger partial charge in [-0.2, -0.15) is 0 Å². The Balaban J connectivity index is 2.39. The zero-order valence-electron chi connectivity index (χ0n) is 13.4. The Labute approximate surface area is 120 Å². The molecule has 2 aliphatic rings. The van der Waals surface area contributed by atoms with Crippen molar-refractivity contribution >= 4 is 8.07 Å². The second kappa shape index (κ2) is 5.28. The monoisotopic (exact) mass is 272 g/mol. The Morgan fingerprint density at radius 2 is 1.16 bits per heavy atom. The molecule has 0 bridgehead atoms. The summed E-state index contributed by atoms with van der Waals surface area (Å²) in [6.45, 7) is 14.3. The molecule has 0 aromatic carbocycles. The molecule has 2 atom stereocenters. The van der Waals surface area contributed by atoms with Crippen LogP contribution in [0.2, 0.25) is 13.1 Å². The average molecular weight is 273 g/mol. The van der Waals surface area contributed by atoms with E-state index in [4.69, 9.17) is 0 Å². The highest BCUT2D eigenvalue weighted by atomic mass is 28.3. The van der Waals surface area contributed by atoms with Crippen LogP contribution >= 0.6 is 0 Å². The first-order valence-corrected chi connectivity index (χ1v) is 10.8. The van der Waals surface area contributed by atoms with Gasteiger partial charge in [0.1, 0.15) is 8.07 Å². The summed E-state index contributed by atoms with van der Waals surface area (Å²) in [6, 6.07) is 0. The molecule has 0 N–H and O–H groups in total. The minimum atomic E-state index is -1.50. The van der Waals surface area contributed by atoms with Crippen LogP contribution in [0.15, 0.2) is 45.8 Å². The summed E-state index contributed by atoms with van der Waals surface area (Å²) >= 11 is 0. The molecule has 19 heavy (non-hydrogen) atoms. The predicted molar refractivity (Wildman–Crippen MR) is 88.7 cm³/mol. The lowest BCUT2D eigenvalue weighted by molar-refractivity contribution is 0.948. The van der Waals surface area contributed by atoms with Crippen LogP contribution in [0, 0.1) is 11.8 Å². The van der Waals surface area contributed by atoms with Crippen LogP contribution < -0.4 is 0 Å². The van der Waals surface area contributed by atoms with Gasteiger partial charge in [-0.3, -0.25) is 0 Å². The van der Waals surface area contributed by atoms with E-state index >= 15 is 0 Å². The quantitative estimate of drug-likeness (QED) is 0.584. The lowest BCUT2D eigenvalue weighted by atomic mass is 10.2. The molecule has 0 nitrogen and oxygen atoms in total. The van der Waals surface area contributed by atoms with Crippen molar-refractivity contribution in [2.75, 3.05) is 0 Å². The van der Waals surface area contributed by atoms with E-state index in [1.54, 1.807) is 21.5 Å². The van der Waals surface area contributed by atoms with Crippen LogP contribution in [0.3, 0.4) is 0 Å². The third kappa shape index (κ3) is 2.58. The predicted octanol–water partition coefficient (Wildman–Crippen LogP) is 5.60. The van der Waals surface area contributed by atoms with Crippen molar-refractivity contribution in [1.29, 1.82) is 0 Å². The molecule has 0 aliphatic heterocycles. The second-order valence-corrected chi connectivity index (χ2v) is 10.9.